The lowest BCUT2D eigenvalue weighted by atomic mass is 10.0. The largest absolute Gasteiger partial charge is 0.350 e. The average Bonchev–Trinajstić information content (AvgIpc) is 2.79. The normalized spacial score (nSPS) is 11.5. The topological polar surface area (TPSA) is 49.4 Å². The summed E-state index contributed by atoms with van der Waals surface area (Å²) in [5.41, 5.74) is 2.46. The fourth-order valence-corrected chi connectivity index (χ4v) is 3.30. The van der Waals surface area contributed by atoms with Crippen LogP contribution in [-0.2, 0) is 22.7 Å². The van der Waals surface area contributed by atoms with Crippen molar-refractivity contribution in [3.8, 4) is 0 Å². The van der Waals surface area contributed by atoms with Gasteiger partial charge in [0, 0.05) is 19.5 Å². The molecule has 0 fully saturated rings. The molecule has 3 rings (SSSR count). The van der Waals surface area contributed by atoms with E-state index in [0.29, 0.717) is 6.54 Å². The molecule has 2 amide bonds. The molecule has 0 aromatic heterocycles. The van der Waals surface area contributed by atoms with E-state index in [-0.39, 0.29) is 30.6 Å². The molecule has 0 aliphatic carbocycles. The number of amides is 2. The van der Waals surface area contributed by atoms with Crippen LogP contribution in [0.4, 0.5) is 4.39 Å². The number of nitrogens with zero attached hydrogens (tertiary/aromatic N) is 1. The van der Waals surface area contributed by atoms with Crippen molar-refractivity contribution in [1.29, 1.82) is 0 Å². The summed E-state index contributed by atoms with van der Waals surface area (Å²) < 4.78 is 13.3. The number of hydrogen-bond acceptors (Lipinski definition) is 2. The van der Waals surface area contributed by atoms with E-state index in [1.165, 1.54) is 12.1 Å². The highest BCUT2D eigenvalue weighted by molar-refractivity contribution is 5.88. The SMILES string of the molecule is CCC(=O)N(Cc1ccc(F)cc1)C(C(=O)NCc1ccccc1)c1ccccc1. The van der Waals surface area contributed by atoms with E-state index in [4.69, 9.17) is 0 Å². The summed E-state index contributed by atoms with van der Waals surface area (Å²) in [6.07, 6.45) is 0.260. The summed E-state index contributed by atoms with van der Waals surface area (Å²) in [4.78, 5) is 27.7. The smallest absolute Gasteiger partial charge is 0.247 e. The van der Waals surface area contributed by atoms with Gasteiger partial charge in [0.1, 0.15) is 11.9 Å². The lowest BCUT2D eigenvalue weighted by Crippen LogP contribution is -2.43. The third kappa shape index (κ3) is 5.54. The fourth-order valence-electron chi connectivity index (χ4n) is 3.30. The zero-order valence-electron chi connectivity index (χ0n) is 16.9. The van der Waals surface area contributed by atoms with Gasteiger partial charge in [-0.15, -0.1) is 0 Å². The van der Waals surface area contributed by atoms with E-state index in [1.54, 1.807) is 24.0 Å². The number of benzene rings is 3. The van der Waals surface area contributed by atoms with Crippen molar-refractivity contribution in [3.63, 3.8) is 0 Å². The maximum Gasteiger partial charge on any atom is 0.247 e. The first-order valence-electron chi connectivity index (χ1n) is 9.99. The Kier molecular flexibility index (Phi) is 7.33. The van der Waals surface area contributed by atoms with E-state index in [9.17, 15) is 14.0 Å². The predicted octanol–water partition coefficient (Wildman–Crippen LogP) is 4.62. The standard InChI is InChI=1S/C25H25FN2O2/c1-2-23(29)28(18-20-13-15-22(26)16-14-20)24(21-11-7-4-8-12-21)25(30)27-17-19-9-5-3-6-10-19/h3-16,24H,2,17-18H2,1H3,(H,27,30). The summed E-state index contributed by atoms with van der Waals surface area (Å²) in [7, 11) is 0. The first-order chi connectivity index (χ1) is 14.6. The van der Waals surface area contributed by atoms with Gasteiger partial charge in [-0.3, -0.25) is 9.59 Å². The molecule has 1 atom stereocenters. The van der Waals surface area contributed by atoms with Crippen molar-refractivity contribution in [2.45, 2.75) is 32.5 Å². The van der Waals surface area contributed by atoms with Crippen molar-refractivity contribution in [2.24, 2.45) is 0 Å². The van der Waals surface area contributed by atoms with Crippen LogP contribution in [0, 0.1) is 5.82 Å². The maximum atomic E-state index is 13.3. The summed E-state index contributed by atoms with van der Waals surface area (Å²) in [5, 5.41) is 2.96. The van der Waals surface area contributed by atoms with E-state index < -0.39 is 6.04 Å². The zero-order valence-corrected chi connectivity index (χ0v) is 16.9. The highest BCUT2D eigenvalue weighted by Crippen LogP contribution is 2.25. The fraction of sp³-hybridized carbons (Fsp3) is 0.200. The van der Waals surface area contributed by atoms with Crippen LogP contribution in [0.5, 0.6) is 0 Å². The molecular weight excluding hydrogens is 379 g/mol. The Morgan fingerprint density at radius 2 is 1.47 bits per heavy atom. The van der Waals surface area contributed by atoms with Crippen molar-refractivity contribution in [1.82, 2.24) is 10.2 Å². The van der Waals surface area contributed by atoms with Gasteiger partial charge in [-0.2, -0.15) is 0 Å². The molecule has 0 aliphatic rings. The van der Waals surface area contributed by atoms with Gasteiger partial charge in [0.15, 0.2) is 0 Å². The van der Waals surface area contributed by atoms with Crippen LogP contribution >= 0.6 is 0 Å². The molecule has 0 spiro atoms. The van der Waals surface area contributed by atoms with Crippen LogP contribution in [0.3, 0.4) is 0 Å². The van der Waals surface area contributed by atoms with Gasteiger partial charge in [-0.1, -0.05) is 79.7 Å². The van der Waals surface area contributed by atoms with Crippen LogP contribution in [0.25, 0.3) is 0 Å². The predicted molar refractivity (Wildman–Crippen MR) is 115 cm³/mol. The number of hydrogen-bond donors (Lipinski definition) is 1. The number of carbonyl (C=O) groups is 2. The van der Waals surface area contributed by atoms with Gasteiger partial charge < -0.3 is 10.2 Å². The molecular formula is C25H25FN2O2. The molecule has 30 heavy (non-hydrogen) atoms. The Labute approximate surface area is 176 Å². The van der Waals surface area contributed by atoms with Crippen LogP contribution in [0.1, 0.15) is 36.1 Å². The van der Waals surface area contributed by atoms with Gasteiger partial charge in [0.25, 0.3) is 0 Å². The van der Waals surface area contributed by atoms with Crippen molar-refractivity contribution in [2.75, 3.05) is 0 Å². The first-order valence-corrected chi connectivity index (χ1v) is 9.99. The maximum absolute atomic E-state index is 13.3. The molecule has 0 aliphatic heterocycles. The second-order valence-corrected chi connectivity index (χ2v) is 7.02. The van der Waals surface area contributed by atoms with E-state index in [0.717, 1.165) is 16.7 Å². The Hall–Kier alpha value is -3.47. The minimum absolute atomic E-state index is 0.150. The van der Waals surface area contributed by atoms with E-state index in [1.807, 2.05) is 60.7 Å². The second-order valence-electron chi connectivity index (χ2n) is 7.02. The molecule has 3 aromatic rings. The Morgan fingerprint density at radius 1 is 0.867 bits per heavy atom. The summed E-state index contributed by atoms with van der Waals surface area (Å²) in [6, 6.07) is 24.1. The first kappa shape index (κ1) is 21.2. The molecule has 3 aromatic carbocycles. The van der Waals surface area contributed by atoms with Crippen molar-refractivity contribution < 1.29 is 14.0 Å². The van der Waals surface area contributed by atoms with Gasteiger partial charge in [-0.25, -0.2) is 4.39 Å². The van der Waals surface area contributed by atoms with Gasteiger partial charge >= 0.3 is 0 Å². The molecule has 0 radical (unpaired) electrons. The molecule has 0 heterocycles. The minimum Gasteiger partial charge on any atom is -0.350 e. The number of carbonyl (C=O) groups excluding carboxylic acids is 2. The third-order valence-corrected chi connectivity index (χ3v) is 4.87. The van der Waals surface area contributed by atoms with Gasteiger partial charge in [0.05, 0.1) is 0 Å². The van der Waals surface area contributed by atoms with Crippen LogP contribution in [-0.4, -0.2) is 16.7 Å². The second kappa shape index (κ2) is 10.3. The zero-order chi connectivity index (χ0) is 21.3. The number of nitrogens with one attached hydrogen (secondary N) is 1. The van der Waals surface area contributed by atoms with Crippen LogP contribution in [0.15, 0.2) is 84.9 Å². The third-order valence-electron chi connectivity index (χ3n) is 4.87. The van der Waals surface area contributed by atoms with Crippen molar-refractivity contribution >= 4 is 11.8 Å². The summed E-state index contributed by atoms with van der Waals surface area (Å²) >= 11 is 0. The Bertz CT molecular complexity index is 959. The van der Waals surface area contributed by atoms with Crippen LogP contribution in [0.2, 0.25) is 0 Å². The number of halogens is 1. The van der Waals surface area contributed by atoms with E-state index >= 15 is 0 Å². The molecule has 1 N–H and O–H groups in total. The molecule has 154 valence electrons. The lowest BCUT2D eigenvalue weighted by molar-refractivity contribution is -0.141. The lowest BCUT2D eigenvalue weighted by Gasteiger charge is -2.31. The molecule has 0 bridgehead atoms. The molecule has 4 nitrogen and oxygen atoms in total. The highest BCUT2D eigenvalue weighted by Gasteiger charge is 2.30. The molecule has 0 saturated carbocycles. The van der Waals surface area contributed by atoms with Gasteiger partial charge in [0.2, 0.25) is 11.8 Å². The summed E-state index contributed by atoms with van der Waals surface area (Å²) in [6.45, 7) is 2.35. The average molecular weight is 404 g/mol. The Balaban J connectivity index is 1.89. The van der Waals surface area contributed by atoms with E-state index in [2.05, 4.69) is 5.32 Å². The highest BCUT2D eigenvalue weighted by atomic mass is 19.1. The van der Waals surface area contributed by atoms with Gasteiger partial charge in [-0.05, 0) is 28.8 Å². The number of rotatable bonds is 8. The summed E-state index contributed by atoms with van der Waals surface area (Å²) in [5.74, 6) is -0.746. The molecule has 1 unspecified atom stereocenters. The quantitative estimate of drug-likeness (QED) is 0.595. The van der Waals surface area contributed by atoms with Crippen LogP contribution < -0.4 is 5.32 Å². The minimum atomic E-state index is -0.785. The molecule has 0 saturated heterocycles. The Morgan fingerprint density at radius 3 is 2.07 bits per heavy atom. The molecule has 5 heteroatoms. The van der Waals surface area contributed by atoms with Crippen molar-refractivity contribution in [3.05, 3.63) is 107 Å². The monoisotopic (exact) mass is 404 g/mol.